The summed E-state index contributed by atoms with van der Waals surface area (Å²) in [7, 11) is 0. The van der Waals surface area contributed by atoms with Gasteiger partial charge in [-0.15, -0.1) is 0 Å². The highest BCUT2D eigenvalue weighted by atomic mass is 79.9. The summed E-state index contributed by atoms with van der Waals surface area (Å²) in [6.45, 7) is 1.78. The van der Waals surface area contributed by atoms with E-state index in [1.165, 1.54) is 0 Å². The summed E-state index contributed by atoms with van der Waals surface area (Å²) in [5.74, 6) is 0. The second kappa shape index (κ2) is 12.8. The third-order valence-corrected chi connectivity index (χ3v) is 1.46. The molecule has 80 valence electrons. The van der Waals surface area contributed by atoms with Gasteiger partial charge in [-0.25, -0.2) is 9.78 Å². The predicted molar refractivity (Wildman–Crippen MR) is 52.5 cm³/mol. The first-order valence-electron chi connectivity index (χ1n) is 3.69. The average molecular weight is 324 g/mol. The van der Waals surface area contributed by atoms with E-state index in [1.54, 1.807) is 0 Å². The molecule has 0 aromatic heterocycles. The van der Waals surface area contributed by atoms with Gasteiger partial charge in [0, 0.05) is 10.7 Å². The number of hydrogen-bond donors (Lipinski definition) is 0. The summed E-state index contributed by atoms with van der Waals surface area (Å²) in [4.78, 5) is 8.99. The van der Waals surface area contributed by atoms with Crippen molar-refractivity contribution < 1.29 is 24.6 Å². The van der Waals surface area contributed by atoms with Gasteiger partial charge < -0.3 is 4.74 Å². The molecule has 0 aromatic carbocycles. The van der Waals surface area contributed by atoms with Gasteiger partial charge in [-0.2, -0.15) is 0 Å². The third-order valence-electron chi connectivity index (χ3n) is 0.817. The maximum Gasteiger partial charge on any atom is 0.109 e. The highest BCUT2D eigenvalue weighted by Gasteiger charge is 1.91. The van der Waals surface area contributed by atoms with Crippen LogP contribution in [-0.4, -0.2) is 37.1 Å². The molecule has 0 heterocycles. The van der Waals surface area contributed by atoms with E-state index >= 15 is 0 Å². The molecule has 0 aliphatic rings. The quantitative estimate of drug-likeness (QED) is 0.264. The van der Waals surface area contributed by atoms with Gasteiger partial charge >= 0.3 is 0 Å². The lowest BCUT2D eigenvalue weighted by Crippen LogP contribution is -2.07. The Bertz CT molecular complexity index is 85.1. The molecule has 0 rings (SSSR count). The maximum atomic E-state index is 5.05. The van der Waals surface area contributed by atoms with Crippen molar-refractivity contribution in [1.82, 2.24) is 0 Å². The monoisotopic (exact) mass is 322 g/mol. The van der Waals surface area contributed by atoms with E-state index in [9.17, 15) is 0 Å². The summed E-state index contributed by atoms with van der Waals surface area (Å²) < 4.78 is 5.05. The van der Waals surface area contributed by atoms with Crippen molar-refractivity contribution in [3.05, 3.63) is 0 Å². The van der Waals surface area contributed by atoms with E-state index in [1.807, 2.05) is 0 Å². The fraction of sp³-hybridized carbons (Fsp3) is 1.00. The van der Waals surface area contributed by atoms with Crippen molar-refractivity contribution >= 4 is 31.9 Å². The number of halogens is 2. The standard InChI is InChI=1S/C6H12Br2O5/c7-1-3-9-5-6-11-13-12-10-4-2-8/h1-6H2. The Labute approximate surface area is 93.7 Å². The van der Waals surface area contributed by atoms with Crippen molar-refractivity contribution in [2.24, 2.45) is 0 Å². The molecule has 0 radical (unpaired) electrons. The van der Waals surface area contributed by atoms with Crippen LogP contribution in [0.15, 0.2) is 0 Å². The Morgan fingerprint density at radius 1 is 0.692 bits per heavy atom. The van der Waals surface area contributed by atoms with Gasteiger partial charge in [-0.3, -0.25) is 0 Å². The molecule has 0 spiro atoms. The van der Waals surface area contributed by atoms with E-state index < -0.39 is 0 Å². The van der Waals surface area contributed by atoms with E-state index in [0.717, 1.165) is 5.33 Å². The zero-order valence-corrected chi connectivity index (χ0v) is 10.2. The average Bonchev–Trinajstić information content (AvgIpc) is 2.16. The smallest absolute Gasteiger partial charge is 0.109 e. The van der Waals surface area contributed by atoms with E-state index in [2.05, 4.69) is 51.7 Å². The van der Waals surface area contributed by atoms with Crippen LogP contribution in [0.1, 0.15) is 0 Å². The van der Waals surface area contributed by atoms with Gasteiger partial charge in [-0.05, 0) is 10.1 Å². The SMILES string of the molecule is BrCCOCCOOOOCCBr. The van der Waals surface area contributed by atoms with Crippen LogP contribution < -0.4 is 0 Å². The van der Waals surface area contributed by atoms with Gasteiger partial charge in [0.15, 0.2) is 0 Å². The molecule has 0 saturated heterocycles. The first-order valence-corrected chi connectivity index (χ1v) is 5.93. The fourth-order valence-electron chi connectivity index (χ4n) is 0.388. The molecule has 0 aliphatic heterocycles. The number of rotatable bonds is 10. The summed E-state index contributed by atoms with van der Waals surface area (Å²) >= 11 is 6.35. The van der Waals surface area contributed by atoms with E-state index in [0.29, 0.717) is 31.8 Å². The van der Waals surface area contributed by atoms with Crippen LogP contribution in [0.25, 0.3) is 0 Å². The van der Waals surface area contributed by atoms with Crippen LogP contribution in [0.4, 0.5) is 0 Å². The van der Waals surface area contributed by atoms with Crippen molar-refractivity contribution in [3.8, 4) is 0 Å². The van der Waals surface area contributed by atoms with Gasteiger partial charge in [0.1, 0.15) is 6.61 Å². The van der Waals surface area contributed by atoms with Crippen LogP contribution in [0, 0.1) is 0 Å². The highest BCUT2D eigenvalue weighted by Crippen LogP contribution is 1.87. The number of alkyl halides is 2. The van der Waals surface area contributed by atoms with Crippen LogP contribution >= 0.6 is 31.9 Å². The van der Waals surface area contributed by atoms with Gasteiger partial charge in [-0.1, -0.05) is 31.9 Å². The molecule has 0 aromatic rings. The van der Waals surface area contributed by atoms with Crippen molar-refractivity contribution in [3.63, 3.8) is 0 Å². The lowest BCUT2D eigenvalue weighted by Gasteiger charge is -2.02. The lowest BCUT2D eigenvalue weighted by molar-refractivity contribution is -0.633. The molecule has 0 unspecified atom stereocenters. The molecule has 0 bridgehead atoms. The minimum atomic E-state index is 0.296. The Hall–Kier alpha value is 0.760. The molecule has 5 nitrogen and oxygen atoms in total. The minimum Gasteiger partial charge on any atom is -0.378 e. The van der Waals surface area contributed by atoms with Crippen molar-refractivity contribution in [1.29, 1.82) is 0 Å². The van der Waals surface area contributed by atoms with Crippen molar-refractivity contribution in [2.45, 2.75) is 0 Å². The first-order chi connectivity index (χ1) is 6.41. The second-order valence-electron chi connectivity index (χ2n) is 1.77. The minimum absolute atomic E-state index is 0.296. The van der Waals surface area contributed by atoms with Crippen LogP contribution in [0.2, 0.25) is 0 Å². The van der Waals surface area contributed by atoms with Crippen LogP contribution in [-0.2, 0) is 24.6 Å². The Morgan fingerprint density at radius 3 is 1.92 bits per heavy atom. The normalized spacial score (nSPS) is 10.6. The van der Waals surface area contributed by atoms with Gasteiger partial charge in [0.2, 0.25) is 0 Å². The largest absolute Gasteiger partial charge is 0.378 e. The summed E-state index contributed by atoms with van der Waals surface area (Å²) in [5.41, 5.74) is 0. The second-order valence-corrected chi connectivity index (χ2v) is 3.36. The van der Waals surface area contributed by atoms with Gasteiger partial charge in [0.25, 0.3) is 0 Å². The maximum absolute atomic E-state index is 5.05. The first kappa shape index (κ1) is 13.8. The van der Waals surface area contributed by atoms with Crippen LogP contribution in [0.3, 0.4) is 0 Å². The highest BCUT2D eigenvalue weighted by molar-refractivity contribution is 9.09. The fourth-order valence-corrected chi connectivity index (χ4v) is 0.749. The number of ether oxygens (including phenoxy) is 1. The third kappa shape index (κ3) is 12.8. The Kier molecular flexibility index (Phi) is 13.5. The number of hydrogen-bond acceptors (Lipinski definition) is 5. The molecule has 0 aliphatic carbocycles. The van der Waals surface area contributed by atoms with E-state index in [-0.39, 0.29) is 0 Å². The molecule has 0 atom stereocenters. The molecular weight excluding hydrogens is 312 g/mol. The summed E-state index contributed by atoms with van der Waals surface area (Å²) in [5, 5.41) is 9.82. The molecule has 0 amide bonds. The zero-order valence-electron chi connectivity index (χ0n) is 7.04. The molecule has 0 N–H and O–H groups in total. The molecule has 0 saturated carbocycles. The zero-order chi connectivity index (χ0) is 9.78. The van der Waals surface area contributed by atoms with Crippen molar-refractivity contribution in [2.75, 3.05) is 37.1 Å². The summed E-state index contributed by atoms with van der Waals surface area (Å²) in [6, 6.07) is 0. The summed E-state index contributed by atoms with van der Waals surface area (Å²) in [6.07, 6.45) is 0. The molecule has 13 heavy (non-hydrogen) atoms. The molecular formula is C6H12Br2O5. The van der Waals surface area contributed by atoms with Gasteiger partial charge in [0.05, 0.1) is 19.8 Å². The predicted octanol–water partition coefficient (Wildman–Crippen LogP) is 1.60. The topological polar surface area (TPSA) is 46.2 Å². The molecule has 7 heteroatoms. The Morgan fingerprint density at radius 2 is 1.31 bits per heavy atom. The lowest BCUT2D eigenvalue weighted by atomic mass is 10.7. The Balaban J connectivity index is 2.76. The molecule has 0 fully saturated rings. The van der Waals surface area contributed by atoms with E-state index in [4.69, 9.17) is 4.74 Å². The van der Waals surface area contributed by atoms with Crippen LogP contribution in [0.5, 0.6) is 0 Å².